The van der Waals surface area contributed by atoms with Crippen molar-refractivity contribution in [2.24, 2.45) is 5.10 Å². The molecule has 5 aromatic rings. The van der Waals surface area contributed by atoms with Gasteiger partial charge in [-0.1, -0.05) is 53.7 Å². The number of aromatic nitrogens is 3. The number of thiophene rings is 1. The summed E-state index contributed by atoms with van der Waals surface area (Å²) in [5, 5.41) is 20.6. The van der Waals surface area contributed by atoms with E-state index in [0.717, 1.165) is 28.0 Å². The monoisotopic (exact) mass is 660 g/mol. The summed E-state index contributed by atoms with van der Waals surface area (Å²) >= 11 is 9.09. The number of hydrogen-bond acceptors (Lipinski definition) is 8. The minimum Gasteiger partial charge on any atom is -0.497 e. The maximum absolute atomic E-state index is 13.8. The van der Waals surface area contributed by atoms with Crippen molar-refractivity contribution in [3.05, 3.63) is 123 Å². The van der Waals surface area contributed by atoms with Crippen LogP contribution in [0, 0.1) is 5.82 Å². The van der Waals surface area contributed by atoms with Crippen LogP contribution < -0.4 is 10.1 Å². The van der Waals surface area contributed by atoms with Crippen molar-refractivity contribution >= 4 is 52.2 Å². The van der Waals surface area contributed by atoms with E-state index in [1.54, 1.807) is 46.2 Å². The molecule has 0 saturated carbocycles. The molecule has 1 aliphatic heterocycles. The number of hydrazone groups is 1. The van der Waals surface area contributed by atoms with Crippen LogP contribution in [0.5, 0.6) is 5.75 Å². The molecule has 9 nitrogen and oxygen atoms in total. The van der Waals surface area contributed by atoms with Gasteiger partial charge in [0.25, 0.3) is 11.8 Å². The van der Waals surface area contributed by atoms with Crippen molar-refractivity contribution in [2.45, 2.75) is 24.2 Å². The average Bonchev–Trinajstić information content (AvgIpc) is 3.83. The van der Waals surface area contributed by atoms with Crippen molar-refractivity contribution in [3.8, 4) is 11.4 Å². The fourth-order valence-corrected chi connectivity index (χ4v) is 6.61. The van der Waals surface area contributed by atoms with E-state index in [4.69, 9.17) is 21.4 Å². The highest BCUT2D eigenvalue weighted by atomic mass is 35.5. The molecule has 0 radical (unpaired) electrons. The number of amides is 2. The summed E-state index contributed by atoms with van der Waals surface area (Å²) in [6.07, 6.45) is 0.580. The van der Waals surface area contributed by atoms with Crippen LogP contribution in [-0.4, -0.2) is 50.2 Å². The second-order valence-corrected chi connectivity index (χ2v) is 12.3. The molecule has 0 bridgehead atoms. The van der Waals surface area contributed by atoms with Gasteiger partial charge in [-0.3, -0.25) is 14.2 Å². The zero-order valence-electron chi connectivity index (χ0n) is 23.9. The van der Waals surface area contributed by atoms with Gasteiger partial charge in [0.05, 0.1) is 41.7 Å². The summed E-state index contributed by atoms with van der Waals surface area (Å²) in [6, 6.07) is 23.9. The highest BCUT2D eigenvalue weighted by molar-refractivity contribution is 7.99. The average molecular weight is 661 g/mol. The Labute approximate surface area is 271 Å². The van der Waals surface area contributed by atoms with Gasteiger partial charge in [0.1, 0.15) is 11.6 Å². The minimum absolute atomic E-state index is 0.00347. The number of carbonyl (C=O) groups is 2. The third-order valence-electron chi connectivity index (χ3n) is 7.06. The van der Waals surface area contributed by atoms with E-state index >= 15 is 0 Å². The Hall–Kier alpha value is -4.52. The molecule has 0 spiro atoms. The highest BCUT2D eigenvalue weighted by Crippen LogP contribution is 2.35. The van der Waals surface area contributed by atoms with Gasteiger partial charge in [0.15, 0.2) is 11.0 Å². The molecule has 1 N–H and O–H groups in total. The van der Waals surface area contributed by atoms with Crippen molar-refractivity contribution in [3.63, 3.8) is 0 Å². The molecule has 1 atom stereocenters. The van der Waals surface area contributed by atoms with E-state index in [9.17, 15) is 14.0 Å². The van der Waals surface area contributed by atoms with Crippen LogP contribution in [0.25, 0.3) is 5.69 Å². The summed E-state index contributed by atoms with van der Waals surface area (Å²) in [5.74, 6) is 0.00109. The quantitative estimate of drug-likeness (QED) is 0.171. The molecule has 6 rings (SSSR count). The molecule has 13 heteroatoms. The molecule has 3 aromatic carbocycles. The van der Waals surface area contributed by atoms with Gasteiger partial charge in [0, 0.05) is 17.0 Å². The summed E-state index contributed by atoms with van der Waals surface area (Å²) in [6.45, 7) is 0.00347. The summed E-state index contributed by atoms with van der Waals surface area (Å²) in [5.41, 5.74) is 2.64. The van der Waals surface area contributed by atoms with E-state index < -0.39 is 11.7 Å². The first-order valence-corrected chi connectivity index (χ1v) is 16.1. The Morgan fingerprint density at radius 3 is 2.62 bits per heavy atom. The van der Waals surface area contributed by atoms with Gasteiger partial charge < -0.3 is 10.1 Å². The third-order valence-corrected chi connectivity index (χ3v) is 9.13. The molecule has 2 amide bonds. The van der Waals surface area contributed by atoms with Crippen LogP contribution >= 0.6 is 34.7 Å². The molecule has 228 valence electrons. The maximum Gasteiger partial charge on any atom is 0.253 e. The van der Waals surface area contributed by atoms with Crippen molar-refractivity contribution in [1.82, 2.24) is 25.1 Å². The SMILES string of the molecule is COc1ccc([C@H]2CC(c3cccs3)=NN2C(=O)CSc2nnc(CNC(=O)c3cccc(F)c3)n2-c2cccc(Cl)c2)cc1. The Morgan fingerprint density at radius 1 is 1.07 bits per heavy atom. The van der Waals surface area contributed by atoms with Crippen LogP contribution in [0.15, 0.2) is 101 Å². The lowest BCUT2D eigenvalue weighted by molar-refractivity contribution is -0.130. The number of nitrogens with zero attached hydrogens (tertiary/aromatic N) is 5. The van der Waals surface area contributed by atoms with E-state index in [1.807, 2.05) is 47.8 Å². The van der Waals surface area contributed by atoms with Gasteiger partial charge in [0.2, 0.25) is 0 Å². The summed E-state index contributed by atoms with van der Waals surface area (Å²) < 4.78 is 20.7. The third kappa shape index (κ3) is 6.93. The Kier molecular flexibility index (Phi) is 9.24. The molecular weight excluding hydrogens is 635 g/mol. The molecular formula is C32H26ClFN6O3S2. The van der Waals surface area contributed by atoms with Gasteiger partial charge in [-0.15, -0.1) is 21.5 Å². The lowest BCUT2D eigenvalue weighted by Crippen LogP contribution is -2.28. The number of hydrogen-bond donors (Lipinski definition) is 1. The summed E-state index contributed by atoms with van der Waals surface area (Å²) in [4.78, 5) is 27.5. The first kappa shape index (κ1) is 30.5. The Morgan fingerprint density at radius 2 is 1.89 bits per heavy atom. The standard InChI is InChI=1S/C32H26ClFN6O3S2/c1-43-25-12-10-20(11-13-25)27-17-26(28-9-4-14-44-28)38-40(27)30(41)19-45-32-37-36-29(39(32)24-8-3-6-22(33)16-24)18-35-31(42)21-5-2-7-23(34)15-21/h2-16,27H,17-19H2,1H3,(H,35,42)/t27-/m1/s1. The molecule has 2 aromatic heterocycles. The van der Waals surface area contributed by atoms with E-state index in [-0.39, 0.29) is 29.8 Å². The van der Waals surface area contributed by atoms with Crippen molar-refractivity contribution in [1.29, 1.82) is 0 Å². The zero-order chi connectivity index (χ0) is 31.3. The smallest absolute Gasteiger partial charge is 0.253 e. The number of carbonyl (C=O) groups excluding carboxylic acids is 2. The predicted molar refractivity (Wildman–Crippen MR) is 173 cm³/mol. The van der Waals surface area contributed by atoms with Crippen LogP contribution in [0.2, 0.25) is 5.02 Å². The molecule has 0 saturated heterocycles. The molecule has 0 fully saturated rings. The molecule has 1 aliphatic rings. The zero-order valence-corrected chi connectivity index (χ0v) is 26.3. The number of nitrogens with one attached hydrogen (secondary N) is 1. The Balaban J connectivity index is 1.24. The first-order chi connectivity index (χ1) is 21.9. The van der Waals surface area contributed by atoms with E-state index in [0.29, 0.717) is 28.1 Å². The van der Waals surface area contributed by atoms with Crippen molar-refractivity contribution < 1.29 is 18.7 Å². The molecule has 0 aliphatic carbocycles. The lowest BCUT2D eigenvalue weighted by Gasteiger charge is -2.22. The molecule has 0 unspecified atom stereocenters. The van der Waals surface area contributed by atoms with Crippen LogP contribution in [0.4, 0.5) is 4.39 Å². The number of benzene rings is 3. The predicted octanol–water partition coefficient (Wildman–Crippen LogP) is 6.53. The first-order valence-electron chi connectivity index (χ1n) is 13.8. The number of methoxy groups -OCH3 is 1. The van der Waals surface area contributed by atoms with Gasteiger partial charge in [-0.2, -0.15) is 5.10 Å². The van der Waals surface area contributed by atoms with Gasteiger partial charge in [-0.25, -0.2) is 9.40 Å². The molecule has 3 heterocycles. The fraction of sp³-hybridized carbons (Fsp3) is 0.156. The van der Waals surface area contributed by atoms with Gasteiger partial charge >= 0.3 is 0 Å². The largest absolute Gasteiger partial charge is 0.497 e. The topological polar surface area (TPSA) is 102 Å². The van der Waals surface area contributed by atoms with Crippen molar-refractivity contribution in [2.75, 3.05) is 12.9 Å². The number of halogens is 2. The lowest BCUT2D eigenvalue weighted by atomic mass is 10.0. The van der Waals surface area contributed by atoms with Gasteiger partial charge in [-0.05, 0) is 65.5 Å². The number of rotatable bonds is 10. The second-order valence-electron chi connectivity index (χ2n) is 9.95. The van der Waals surface area contributed by atoms with Crippen LogP contribution in [0.1, 0.15) is 39.1 Å². The normalized spacial score (nSPS) is 14.3. The fourth-order valence-electron chi connectivity index (χ4n) is 4.88. The van der Waals surface area contributed by atoms with E-state index in [2.05, 4.69) is 15.5 Å². The maximum atomic E-state index is 13.8. The number of ether oxygens (including phenoxy) is 1. The second kappa shape index (κ2) is 13.6. The summed E-state index contributed by atoms with van der Waals surface area (Å²) in [7, 11) is 1.61. The highest BCUT2D eigenvalue weighted by Gasteiger charge is 2.33. The van der Waals surface area contributed by atoms with Crippen LogP contribution in [0.3, 0.4) is 0 Å². The van der Waals surface area contributed by atoms with Crippen LogP contribution in [-0.2, 0) is 11.3 Å². The molecule has 45 heavy (non-hydrogen) atoms. The Bertz CT molecular complexity index is 1860. The number of thioether (sulfide) groups is 1. The van der Waals surface area contributed by atoms with E-state index in [1.165, 1.54) is 30.0 Å². The minimum atomic E-state index is -0.507.